The molecule has 0 heterocycles. The second kappa shape index (κ2) is 5.05. The summed E-state index contributed by atoms with van der Waals surface area (Å²) in [7, 11) is 0. The van der Waals surface area contributed by atoms with E-state index in [0.29, 0.717) is 11.8 Å². The fraction of sp³-hybridized carbons (Fsp3) is 0.263. The summed E-state index contributed by atoms with van der Waals surface area (Å²) in [5, 5.41) is 0. The van der Waals surface area contributed by atoms with E-state index >= 15 is 0 Å². The molecule has 0 bridgehead atoms. The Kier molecular flexibility index (Phi) is 3.25. The number of allylic oxidation sites excluding steroid dienone is 1. The highest BCUT2D eigenvalue weighted by Gasteiger charge is 2.21. The topological polar surface area (TPSA) is 0 Å². The molecule has 0 fully saturated rings. The van der Waals surface area contributed by atoms with Crippen LogP contribution >= 0.6 is 0 Å². The Labute approximate surface area is 115 Å². The summed E-state index contributed by atoms with van der Waals surface area (Å²) < 4.78 is 0. The number of fused-ring (bicyclic) bond motifs is 1. The van der Waals surface area contributed by atoms with Crippen molar-refractivity contribution in [1.29, 1.82) is 0 Å². The molecule has 1 aliphatic carbocycles. The van der Waals surface area contributed by atoms with Crippen LogP contribution in [0.15, 0.2) is 54.6 Å². The summed E-state index contributed by atoms with van der Waals surface area (Å²) in [5.41, 5.74) is 5.78. The van der Waals surface area contributed by atoms with E-state index in [1.165, 1.54) is 28.7 Å². The summed E-state index contributed by atoms with van der Waals surface area (Å²) in [6, 6.07) is 17.6. The minimum atomic E-state index is 0.432. The average Bonchev–Trinajstić information content (AvgIpc) is 2.90. The summed E-state index contributed by atoms with van der Waals surface area (Å²) in [6.07, 6.45) is 5.79. The molecule has 0 aliphatic heterocycles. The van der Waals surface area contributed by atoms with E-state index in [4.69, 9.17) is 0 Å². The molecule has 3 rings (SSSR count). The predicted molar refractivity (Wildman–Crippen MR) is 82.5 cm³/mol. The molecule has 2 aromatic rings. The van der Waals surface area contributed by atoms with Crippen LogP contribution in [0.3, 0.4) is 0 Å². The largest absolute Gasteiger partial charge is 0.0720 e. The fourth-order valence-electron chi connectivity index (χ4n) is 2.98. The lowest BCUT2D eigenvalue weighted by atomic mass is 9.84. The fourth-order valence-corrected chi connectivity index (χ4v) is 2.98. The molecule has 0 saturated heterocycles. The molecule has 0 aromatic heterocycles. The van der Waals surface area contributed by atoms with Crippen molar-refractivity contribution in [3.8, 4) is 0 Å². The maximum atomic E-state index is 2.34. The van der Waals surface area contributed by atoms with E-state index in [1.54, 1.807) is 0 Å². The lowest BCUT2D eigenvalue weighted by Gasteiger charge is -2.19. The van der Waals surface area contributed by atoms with Crippen LogP contribution in [-0.4, -0.2) is 0 Å². The molecule has 1 aliphatic rings. The number of rotatable bonds is 3. The van der Waals surface area contributed by atoms with Gasteiger partial charge in [0.15, 0.2) is 0 Å². The molecule has 0 nitrogen and oxygen atoms in total. The van der Waals surface area contributed by atoms with Gasteiger partial charge in [-0.05, 0) is 34.6 Å². The monoisotopic (exact) mass is 248 g/mol. The molecule has 0 saturated carbocycles. The van der Waals surface area contributed by atoms with Crippen LogP contribution in [0.1, 0.15) is 54.4 Å². The van der Waals surface area contributed by atoms with Gasteiger partial charge in [-0.15, -0.1) is 0 Å². The molecule has 0 spiro atoms. The van der Waals surface area contributed by atoms with E-state index in [-0.39, 0.29) is 0 Å². The zero-order valence-electron chi connectivity index (χ0n) is 11.6. The van der Waals surface area contributed by atoms with Gasteiger partial charge in [-0.1, -0.05) is 74.5 Å². The highest BCUT2D eigenvalue weighted by Crippen LogP contribution is 2.38. The highest BCUT2D eigenvalue weighted by atomic mass is 14.3. The van der Waals surface area contributed by atoms with Crippen molar-refractivity contribution in [2.75, 3.05) is 0 Å². The Hall–Kier alpha value is -1.82. The van der Waals surface area contributed by atoms with E-state index in [9.17, 15) is 0 Å². The third-order valence-corrected chi connectivity index (χ3v) is 4.27. The number of hydrogen-bond acceptors (Lipinski definition) is 0. The van der Waals surface area contributed by atoms with Crippen molar-refractivity contribution >= 4 is 6.08 Å². The maximum absolute atomic E-state index is 2.34. The minimum Gasteiger partial charge on any atom is -0.0720 e. The molecular weight excluding hydrogens is 228 g/mol. The van der Waals surface area contributed by atoms with Gasteiger partial charge in [0, 0.05) is 5.92 Å². The highest BCUT2D eigenvalue weighted by molar-refractivity contribution is 5.65. The smallest absolute Gasteiger partial charge is 0.0281 e. The standard InChI is InChI=1S/C19H20/c1-3-14(2)16-9-6-7-11-18(16)19-13-12-15-8-4-5-10-17(15)19/h4-14,19H,3H2,1-2H3. The van der Waals surface area contributed by atoms with Gasteiger partial charge < -0.3 is 0 Å². The first-order chi connectivity index (χ1) is 9.31. The normalized spacial score (nSPS) is 18.3. The first-order valence-electron chi connectivity index (χ1n) is 7.17. The van der Waals surface area contributed by atoms with Gasteiger partial charge in [0.05, 0.1) is 0 Å². The average molecular weight is 248 g/mol. The van der Waals surface area contributed by atoms with Crippen molar-refractivity contribution in [1.82, 2.24) is 0 Å². The molecule has 2 aromatic carbocycles. The second-order valence-corrected chi connectivity index (χ2v) is 5.40. The van der Waals surface area contributed by atoms with Crippen LogP contribution in [0, 0.1) is 0 Å². The van der Waals surface area contributed by atoms with E-state index in [0.717, 1.165) is 0 Å². The summed E-state index contributed by atoms with van der Waals surface area (Å²) in [4.78, 5) is 0. The lowest BCUT2D eigenvalue weighted by molar-refractivity contribution is 0.720. The molecule has 2 unspecified atom stereocenters. The Balaban J connectivity index is 2.08. The molecule has 0 N–H and O–H groups in total. The van der Waals surface area contributed by atoms with Gasteiger partial charge >= 0.3 is 0 Å². The first kappa shape index (κ1) is 12.2. The van der Waals surface area contributed by atoms with Gasteiger partial charge in [-0.2, -0.15) is 0 Å². The van der Waals surface area contributed by atoms with Gasteiger partial charge in [0.2, 0.25) is 0 Å². The summed E-state index contributed by atoms with van der Waals surface area (Å²) >= 11 is 0. The van der Waals surface area contributed by atoms with Crippen molar-refractivity contribution in [2.45, 2.75) is 32.1 Å². The second-order valence-electron chi connectivity index (χ2n) is 5.40. The summed E-state index contributed by atoms with van der Waals surface area (Å²) in [5.74, 6) is 1.05. The van der Waals surface area contributed by atoms with E-state index < -0.39 is 0 Å². The van der Waals surface area contributed by atoms with Crippen molar-refractivity contribution in [3.05, 3.63) is 76.9 Å². The van der Waals surface area contributed by atoms with Crippen LogP contribution < -0.4 is 0 Å². The van der Waals surface area contributed by atoms with Crippen LogP contribution in [0.2, 0.25) is 0 Å². The zero-order chi connectivity index (χ0) is 13.2. The summed E-state index contributed by atoms with van der Waals surface area (Å²) in [6.45, 7) is 4.59. The van der Waals surface area contributed by atoms with E-state index in [2.05, 4.69) is 74.5 Å². The molecule has 19 heavy (non-hydrogen) atoms. The van der Waals surface area contributed by atoms with Crippen LogP contribution in [0.5, 0.6) is 0 Å². The molecule has 0 radical (unpaired) electrons. The maximum Gasteiger partial charge on any atom is 0.0281 e. The Bertz CT molecular complexity index is 607. The SMILES string of the molecule is CCC(C)c1ccccc1C1C=Cc2ccccc21. The van der Waals surface area contributed by atoms with E-state index in [1.807, 2.05) is 0 Å². The molecule has 0 amide bonds. The molecule has 0 heteroatoms. The number of benzene rings is 2. The zero-order valence-corrected chi connectivity index (χ0v) is 11.6. The molecule has 2 atom stereocenters. The van der Waals surface area contributed by atoms with Crippen molar-refractivity contribution in [3.63, 3.8) is 0 Å². The van der Waals surface area contributed by atoms with Crippen molar-refractivity contribution in [2.24, 2.45) is 0 Å². The third-order valence-electron chi connectivity index (χ3n) is 4.27. The molecular formula is C19H20. The Morgan fingerprint density at radius 1 is 0.947 bits per heavy atom. The van der Waals surface area contributed by atoms with Gasteiger partial charge in [-0.3, -0.25) is 0 Å². The predicted octanol–water partition coefficient (Wildman–Crippen LogP) is 5.36. The first-order valence-corrected chi connectivity index (χ1v) is 7.17. The third kappa shape index (κ3) is 2.12. The van der Waals surface area contributed by atoms with Crippen LogP contribution in [0.25, 0.3) is 6.08 Å². The van der Waals surface area contributed by atoms with Gasteiger partial charge in [0.1, 0.15) is 0 Å². The minimum absolute atomic E-state index is 0.432. The molecule has 96 valence electrons. The van der Waals surface area contributed by atoms with Gasteiger partial charge in [0.25, 0.3) is 0 Å². The van der Waals surface area contributed by atoms with Crippen LogP contribution in [0.4, 0.5) is 0 Å². The lowest BCUT2D eigenvalue weighted by Crippen LogP contribution is -2.03. The Morgan fingerprint density at radius 3 is 2.42 bits per heavy atom. The van der Waals surface area contributed by atoms with Crippen molar-refractivity contribution < 1.29 is 0 Å². The number of hydrogen-bond donors (Lipinski definition) is 0. The van der Waals surface area contributed by atoms with Gasteiger partial charge in [-0.25, -0.2) is 0 Å². The Morgan fingerprint density at radius 2 is 1.63 bits per heavy atom. The quantitative estimate of drug-likeness (QED) is 0.686. The van der Waals surface area contributed by atoms with Crippen LogP contribution in [-0.2, 0) is 0 Å².